The van der Waals surface area contributed by atoms with Gasteiger partial charge in [-0.05, 0) is 74.5 Å². The van der Waals surface area contributed by atoms with Crippen molar-refractivity contribution in [1.82, 2.24) is 0 Å². The molecule has 0 aromatic rings. The molecule has 0 aromatic carbocycles. The van der Waals surface area contributed by atoms with Gasteiger partial charge in [0, 0.05) is 5.41 Å². The summed E-state index contributed by atoms with van der Waals surface area (Å²) in [5.74, 6) is 0.588. The molecule has 3 fully saturated rings. The van der Waals surface area contributed by atoms with E-state index in [2.05, 4.69) is 13.0 Å². The van der Waals surface area contributed by atoms with Gasteiger partial charge in [0.25, 0.3) is 0 Å². The summed E-state index contributed by atoms with van der Waals surface area (Å²) in [6.45, 7) is 3.70. The van der Waals surface area contributed by atoms with Crippen molar-refractivity contribution >= 4 is 5.78 Å². The van der Waals surface area contributed by atoms with Crippen LogP contribution in [0, 0.1) is 28.6 Å². The second-order valence-corrected chi connectivity index (χ2v) is 9.51. The first-order valence-electron chi connectivity index (χ1n) is 10.0. The first kappa shape index (κ1) is 17.7. The van der Waals surface area contributed by atoms with E-state index in [1.807, 2.05) is 6.92 Å². The molecule has 4 nitrogen and oxygen atoms in total. The summed E-state index contributed by atoms with van der Waals surface area (Å²) in [6.07, 6.45) is 9.55. The first-order chi connectivity index (χ1) is 11.8. The standard InChI is InChI=1S/C21H32O4/c1-19-9-4-3-5-13(19)6-7-14-15(19)8-10-20(2)16(14)11-17(23)21(20,25)18(24)12-22/h5,14-17,22-23,25H,3-4,6-12H2,1-2H3/t14-,15+,16+,17-,19+,20+,21+/m1/s1. The Balaban J connectivity index is 1.71. The van der Waals surface area contributed by atoms with E-state index in [-0.39, 0.29) is 11.3 Å². The number of hydrogen-bond donors (Lipinski definition) is 3. The average molecular weight is 348 g/mol. The molecule has 4 aliphatic carbocycles. The highest BCUT2D eigenvalue weighted by Crippen LogP contribution is 2.67. The molecule has 4 rings (SSSR count). The number of aliphatic hydroxyl groups is 3. The molecule has 140 valence electrons. The predicted octanol–water partition coefficient (Wildman–Crippen LogP) is 2.60. The summed E-state index contributed by atoms with van der Waals surface area (Å²) >= 11 is 0. The van der Waals surface area contributed by atoms with Gasteiger partial charge in [0.15, 0.2) is 11.4 Å². The maximum atomic E-state index is 12.4. The van der Waals surface area contributed by atoms with E-state index < -0.39 is 29.5 Å². The summed E-state index contributed by atoms with van der Waals surface area (Å²) in [4.78, 5) is 12.4. The second kappa shape index (κ2) is 5.64. The van der Waals surface area contributed by atoms with Gasteiger partial charge >= 0.3 is 0 Å². The van der Waals surface area contributed by atoms with E-state index in [0.717, 1.165) is 25.7 Å². The lowest BCUT2D eigenvalue weighted by atomic mass is 9.46. The number of hydrogen-bond acceptors (Lipinski definition) is 4. The molecule has 0 heterocycles. The highest BCUT2D eigenvalue weighted by molar-refractivity contribution is 5.90. The van der Waals surface area contributed by atoms with Crippen LogP contribution in [-0.4, -0.2) is 39.4 Å². The van der Waals surface area contributed by atoms with Gasteiger partial charge in [0.2, 0.25) is 0 Å². The highest BCUT2D eigenvalue weighted by Gasteiger charge is 2.69. The summed E-state index contributed by atoms with van der Waals surface area (Å²) in [5, 5.41) is 31.2. The zero-order valence-corrected chi connectivity index (χ0v) is 15.5. The molecule has 3 N–H and O–H groups in total. The third-order valence-electron chi connectivity index (χ3n) is 8.82. The SMILES string of the molecule is C[C@]12CCCC=C1CC[C@@H]1[C@@H]2CC[C@@]2(C)[C@H]1C[C@@H](O)[C@]2(O)C(=O)CO. The summed E-state index contributed by atoms with van der Waals surface area (Å²) < 4.78 is 0. The molecular formula is C21H32O4. The fourth-order valence-corrected chi connectivity index (χ4v) is 7.40. The number of rotatable bonds is 2. The fraction of sp³-hybridized carbons (Fsp3) is 0.857. The molecule has 4 aliphatic rings. The molecule has 25 heavy (non-hydrogen) atoms. The van der Waals surface area contributed by atoms with Crippen molar-refractivity contribution < 1.29 is 20.1 Å². The molecule has 0 aliphatic heterocycles. The van der Waals surface area contributed by atoms with Crippen LogP contribution in [0.15, 0.2) is 11.6 Å². The Morgan fingerprint density at radius 2 is 2.00 bits per heavy atom. The van der Waals surface area contributed by atoms with Crippen molar-refractivity contribution in [2.45, 2.75) is 76.9 Å². The van der Waals surface area contributed by atoms with Crippen LogP contribution < -0.4 is 0 Å². The van der Waals surface area contributed by atoms with E-state index in [9.17, 15) is 20.1 Å². The number of allylic oxidation sites excluding steroid dienone is 2. The lowest BCUT2D eigenvalue weighted by molar-refractivity contribution is -0.178. The largest absolute Gasteiger partial charge is 0.390 e. The monoisotopic (exact) mass is 348 g/mol. The van der Waals surface area contributed by atoms with Gasteiger partial charge in [-0.15, -0.1) is 0 Å². The zero-order chi connectivity index (χ0) is 18.0. The number of aliphatic hydroxyl groups excluding tert-OH is 2. The number of carbonyl (C=O) groups excluding carboxylic acids is 1. The van der Waals surface area contributed by atoms with Crippen molar-refractivity contribution in [2.24, 2.45) is 28.6 Å². The number of ketones is 1. The second-order valence-electron chi connectivity index (χ2n) is 9.51. The summed E-state index contributed by atoms with van der Waals surface area (Å²) in [7, 11) is 0. The van der Waals surface area contributed by atoms with Crippen LogP contribution in [0.4, 0.5) is 0 Å². The molecule has 0 radical (unpaired) electrons. The van der Waals surface area contributed by atoms with Crippen molar-refractivity contribution in [3.05, 3.63) is 11.6 Å². The Morgan fingerprint density at radius 1 is 1.24 bits per heavy atom. The van der Waals surface area contributed by atoms with Gasteiger partial charge in [-0.25, -0.2) is 0 Å². The Hall–Kier alpha value is -0.710. The molecule has 0 spiro atoms. The molecule has 0 unspecified atom stereocenters. The number of fused-ring (bicyclic) bond motifs is 5. The van der Waals surface area contributed by atoms with Gasteiger partial charge in [-0.2, -0.15) is 0 Å². The predicted molar refractivity (Wildman–Crippen MR) is 94.8 cm³/mol. The zero-order valence-electron chi connectivity index (χ0n) is 15.5. The normalized spacial score (nSPS) is 52.0. The van der Waals surface area contributed by atoms with Crippen LogP contribution >= 0.6 is 0 Å². The third-order valence-corrected chi connectivity index (χ3v) is 8.82. The van der Waals surface area contributed by atoms with Crippen molar-refractivity contribution in [2.75, 3.05) is 6.61 Å². The quantitative estimate of drug-likeness (QED) is 0.670. The molecular weight excluding hydrogens is 316 g/mol. The molecule has 7 atom stereocenters. The lowest BCUT2D eigenvalue weighted by Gasteiger charge is -2.58. The van der Waals surface area contributed by atoms with Crippen molar-refractivity contribution in [1.29, 1.82) is 0 Å². The van der Waals surface area contributed by atoms with Crippen LogP contribution in [0.2, 0.25) is 0 Å². The molecule has 4 heteroatoms. The molecule has 0 aromatic heterocycles. The fourth-order valence-electron chi connectivity index (χ4n) is 7.40. The molecule has 0 saturated heterocycles. The third kappa shape index (κ3) is 2.08. The molecule has 0 bridgehead atoms. The summed E-state index contributed by atoms with van der Waals surface area (Å²) in [5.41, 5.74) is -0.528. The van der Waals surface area contributed by atoms with Crippen molar-refractivity contribution in [3.63, 3.8) is 0 Å². The van der Waals surface area contributed by atoms with Gasteiger partial charge in [0.1, 0.15) is 6.61 Å². The smallest absolute Gasteiger partial charge is 0.192 e. The summed E-state index contributed by atoms with van der Waals surface area (Å²) in [6, 6.07) is 0. The maximum absolute atomic E-state index is 12.4. The van der Waals surface area contributed by atoms with E-state index in [1.165, 1.54) is 19.3 Å². The van der Waals surface area contributed by atoms with Crippen LogP contribution in [-0.2, 0) is 4.79 Å². The Labute approximate surface area is 150 Å². The van der Waals surface area contributed by atoms with Crippen LogP contribution in [0.25, 0.3) is 0 Å². The van der Waals surface area contributed by atoms with Crippen LogP contribution in [0.3, 0.4) is 0 Å². The lowest BCUT2D eigenvalue weighted by Crippen LogP contribution is -2.61. The molecule has 0 amide bonds. The average Bonchev–Trinajstić information content (AvgIpc) is 2.82. The minimum atomic E-state index is -1.79. The van der Waals surface area contributed by atoms with E-state index in [4.69, 9.17) is 0 Å². The number of Topliss-reactive ketones (excluding diaryl/α,β-unsaturated/α-hetero) is 1. The molecule has 3 saturated carbocycles. The Morgan fingerprint density at radius 3 is 2.72 bits per heavy atom. The van der Waals surface area contributed by atoms with E-state index in [0.29, 0.717) is 18.3 Å². The van der Waals surface area contributed by atoms with Crippen LogP contribution in [0.5, 0.6) is 0 Å². The van der Waals surface area contributed by atoms with Gasteiger partial charge in [0.05, 0.1) is 6.10 Å². The van der Waals surface area contributed by atoms with E-state index in [1.54, 1.807) is 5.57 Å². The van der Waals surface area contributed by atoms with Crippen molar-refractivity contribution in [3.8, 4) is 0 Å². The minimum absolute atomic E-state index is 0.155. The minimum Gasteiger partial charge on any atom is -0.390 e. The van der Waals surface area contributed by atoms with Crippen LogP contribution in [0.1, 0.15) is 65.2 Å². The number of carbonyl (C=O) groups is 1. The first-order valence-corrected chi connectivity index (χ1v) is 10.0. The Bertz CT molecular complexity index is 613. The maximum Gasteiger partial charge on any atom is 0.192 e. The highest BCUT2D eigenvalue weighted by atomic mass is 16.4. The van der Waals surface area contributed by atoms with Gasteiger partial charge in [-0.3, -0.25) is 4.79 Å². The van der Waals surface area contributed by atoms with Gasteiger partial charge < -0.3 is 15.3 Å². The topological polar surface area (TPSA) is 77.8 Å². The van der Waals surface area contributed by atoms with Gasteiger partial charge in [-0.1, -0.05) is 25.5 Å². The Kier molecular flexibility index (Phi) is 3.99. The van der Waals surface area contributed by atoms with E-state index >= 15 is 0 Å².